The quantitative estimate of drug-likeness (QED) is 0.636. The third-order valence-electron chi connectivity index (χ3n) is 3.39. The summed E-state index contributed by atoms with van der Waals surface area (Å²) >= 11 is 0. The molecule has 2 aromatic rings. The van der Waals surface area contributed by atoms with Crippen LogP contribution in [0.25, 0.3) is 0 Å². The first-order valence-electron chi connectivity index (χ1n) is 7.63. The van der Waals surface area contributed by atoms with Gasteiger partial charge in [0, 0.05) is 12.2 Å². The van der Waals surface area contributed by atoms with Crippen molar-refractivity contribution in [3.05, 3.63) is 54.1 Å². The fraction of sp³-hybridized carbons (Fsp3) is 0.235. The number of para-hydroxylation sites is 1. The zero-order chi connectivity index (χ0) is 17.6. The number of nitrogens with one attached hydrogen (secondary N) is 2. The molecule has 0 spiro atoms. The van der Waals surface area contributed by atoms with Gasteiger partial charge >= 0.3 is 5.97 Å². The van der Waals surface area contributed by atoms with Crippen LogP contribution in [0, 0.1) is 0 Å². The van der Waals surface area contributed by atoms with Crippen LogP contribution in [0.2, 0.25) is 0 Å². The first-order chi connectivity index (χ1) is 11.4. The summed E-state index contributed by atoms with van der Waals surface area (Å²) in [4.78, 5) is 11.1. The minimum atomic E-state index is -3.91. The molecule has 0 aliphatic carbocycles. The summed E-state index contributed by atoms with van der Waals surface area (Å²) in [6, 6.07) is 12.5. The normalized spacial score (nSPS) is 11.0. The second kappa shape index (κ2) is 7.83. The molecule has 0 aromatic heterocycles. The average molecular weight is 348 g/mol. The number of benzene rings is 2. The van der Waals surface area contributed by atoms with E-state index in [1.165, 1.54) is 18.2 Å². The van der Waals surface area contributed by atoms with Gasteiger partial charge in [-0.15, -0.1) is 0 Å². The van der Waals surface area contributed by atoms with E-state index in [4.69, 9.17) is 5.11 Å². The largest absolute Gasteiger partial charge is 0.478 e. The minimum absolute atomic E-state index is 0.0792. The monoisotopic (exact) mass is 348 g/mol. The molecule has 128 valence electrons. The van der Waals surface area contributed by atoms with Crippen molar-refractivity contribution in [2.45, 2.75) is 24.7 Å². The van der Waals surface area contributed by atoms with Crippen molar-refractivity contribution in [1.82, 2.24) is 0 Å². The van der Waals surface area contributed by atoms with E-state index < -0.39 is 16.0 Å². The van der Waals surface area contributed by atoms with E-state index in [2.05, 4.69) is 10.0 Å². The summed E-state index contributed by atoms with van der Waals surface area (Å²) in [7, 11) is -3.91. The predicted octanol–water partition coefficient (Wildman–Crippen LogP) is 3.40. The standard InChI is InChI=1S/C17H20N2O4S/c1-2-3-11-18-15-10-9-13(17(20)21)12-16(15)24(22,23)19-14-7-5-4-6-8-14/h4-10,12,18-19H,2-3,11H2,1H3,(H,20,21). The average Bonchev–Trinajstić information content (AvgIpc) is 2.55. The fourth-order valence-electron chi connectivity index (χ4n) is 2.14. The lowest BCUT2D eigenvalue weighted by Crippen LogP contribution is -2.16. The molecule has 24 heavy (non-hydrogen) atoms. The van der Waals surface area contributed by atoms with Gasteiger partial charge in [0.25, 0.3) is 10.0 Å². The van der Waals surface area contributed by atoms with Crippen LogP contribution in [-0.4, -0.2) is 26.0 Å². The molecule has 0 bridgehead atoms. The van der Waals surface area contributed by atoms with Gasteiger partial charge in [-0.3, -0.25) is 4.72 Å². The van der Waals surface area contributed by atoms with Gasteiger partial charge in [-0.25, -0.2) is 13.2 Å². The number of hydrogen-bond acceptors (Lipinski definition) is 4. The second-order valence-electron chi connectivity index (χ2n) is 5.27. The van der Waals surface area contributed by atoms with Crippen LogP contribution in [0.4, 0.5) is 11.4 Å². The molecular formula is C17H20N2O4S. The zero-order valence-corrected chi connectivity index (χ0v) is 14.1. The van der Waals surface area contributed by atoms with Crippen molar-refractivity contribution in [3.8, 4) is 0 Å². The van der Waals surface area contributed by atoms with Gasteiger partial charge in [0.05, 0.1) is 11.3 Å². The van der Waals surface area contributed by atoms with Crippen molar-refractivity contribution in [2.75, 3.05) is 16.6 Å². The Kier molecular flexibility index (Phi) is 5.81. The number of carboxylic acids is 1. The highest BCUT2D eigenvalue weighted by Crippen LogP contribution is 2.25. The number of carbonyl (C=O) groups is 1. The van der Waals surface area contributed by atoms with Crippen molar-refractivity contribution in [2.24, 2.45) is 0 Å². The maximum atomic E-state index is 12.7. The highest BCUT2D eigenvalue weighted by molar-refractivity contribution is 7.92. The third-order valence-corrected chi connectivity index (χ3v) is 4.81. The molecule has 0 aliphatic rings. The predicted molar refractivity (Wildman–Crippen MR) is 94.0 cm³/mol. The molecule has 0 fully saturated rings. The summed E-state index contributed by atoms with van der Waals surface area (Å²) < 4.78 is 27.8. The Morgan fingerprint density at radius 3 is 2.46 bits per heavy atom. The number of anilines is 2. The van der Waals surface area contributed by atoms with Crippen LogP contribution in [0.15, 0.2) is 53.4 Å². The molecule has 7 heteroatoms. The van der Waals surface area contributed by atoms with Crippen LogP contribution < -0.4 is 10.0 Å². The van der Waals surface area contributed by atoms with Crippen molar-refractivity contribution in [1.29, 1.82) is 0 Å². The van der Waals surface area contributed by atoms with Crippen molar-refractivity contribution >= 4 is 27.4 Å². The summed E-state index contributed by atoms with van der Waals surface area (Å²) in [6.45, 7) is 2.64. The van der Waals surface area contributed by atoms with E-state index in [0.717, 1.165) is 12.8 Å². The number of rotatable bonds is 8. The minimum Gasteiger partial charge on any atom is -0.478 e. The van der Waals surface area contributed by atoms with Gasteiger partial charge < -0.3 is 10.4 Å². The van der Waals surface area contributed by atoms with E-state index in [0.29, 0.717) is 17.9 Å². The maximum absolute atomic E-state index is 12.7. The summed E-state index contributed by atoms with van der Waals surface area (Å²) in [5, 5.41) is 12.2. The molecule has 6 nitrogen and oxygen atoms in total. The topological polar surface area (TPSA) is 95.5 Å². The van der Waals surface area contributed by atoms with E-state index in [9.17, 15) is 13.2 Å². The number of unbranched alkanes of at least 4 members (excludes halogenated alkanes) is 1. The van der Waals surface area contributed by atoms with Gasteiger partial charge in [-0.2, -0.15) is 0 Å². The van der Waals surface area contributed by atoms with Gasteiger partial charge in [0.15, 0.2) is 0 Å². The van der Waals surface area contributed by atoms with Gasteiger partial charge in [-0.05, 0) is 36.8 Å². The van der Waals surface area contributed by atoms with Crippen LogP contribution in [0.1, 0.15) is 30.1 Å². The third kappa shape index (κ3) is 4.48. The number of sulfonamides is 1. The SMILES string of the molecule is CCCCNc1ccc(C(=O)O)cc1S(=O)(=O)Nc1ccccc1. The molecular weight excluding hydrogens is 328 g/mol. The van der Waals surface area contributed by atoms with E-state index in [1.54, 1.807) is 30.3 Å². The number of carboxylic acid groups (broad SMARTS) is 1. The Labute approximate surface area is 141 Å². The van der Waals surface area contributed by atoms with E-state index in [1.807, 2.05) is 6.92 Å². The van der Waals surface area contributed by atoms with Crippen LogP contribution in [-0.2, 0) is 10.0 Å². The molecule has 0 heterocycles. The number of aromatic carboxylic acids is 1. The maximum Gasteiger partial charge on any atom is 0.335 e. The molecule has 0 unspecified atom stereocenters. The van der Waals surface area contributed by atoms with E-state index >= 15 is 0 Å². The Morgan fingerprint density at radius 2 is 1.83 bits per heavy atom. The number of hydrogen-bond donors (Lipinski definition) is 3. The Bertz CT molecular complexity index is 805. The second-order valence-corrected chi connectivity index (χ2v) is 6.92. The molecule has 0 aliphatic heterocycles. The molecule has 0 radical (unpaired) electrons. The fourth-order valence-corrected chi connectivity index (χ4v) is 3.41. The van der Waals surface area contributed by atoms with Crippen LogP contribution >= 0.6 is 0 Å². The zero-order valence-electron chi connectivity index (χ0n) is 13.3. The highest BCUT2D eigenvalue weighted by atomic mass is 32.2. The van der Waals surface area contributed by atoms with Crippen molar-refractivity contribution < 1.29 is 18.3 Å². The Hall–Kier alpha value is -2.54. The van der Waals surface area contributed by atoms with E-state index in [-0.39, 0.29) is 10.5 Å². The lowest BCUT2D eigenvalue weighted by molar-refractivity contribution is 0.0696. The van der Waals surface area contributed by atoms with Gasteiger partial charge in [0.2, 0.25) is 0 Å². The summed E-state index contributed by atoms with van der Waals surface area (Å²) in [5.74, 6) is -1.17. The Balaban J connectivity index is 2.40. The molecule has 2 aromatic carbocycles. The Morgan fingerprint density at radius 1 is 1.12 bits per heavy atom. The summed E-state index contributed by atoms with van der Waals surface area (Å²) in [6.07, 6.45) is 1.84. The summed E-state index contributed by atoms with van der Waals surface area (Å²) in [5.41, 5.74) is 0.721. The highest BCUT2D eigenvalue weighted by Gasteiger charge is 2.21. The first kappa shape index (κ1) is 17.8. The van der Waals surface area contributed by atoms with Crippen molar-refractivity contribution in [3.63, 3.8) is 0 Å². The van der Waals surface area contributed by atoms with Gasteiger partial charge in [0.1, 0.15) is 4.90 Å². The van der Waals surface area contributed by atoms with Gasteiger partial charge in [-0.1, -0.05) is 31.5 Å². The first-order valence-corrected chi connectivity index (χ1v) is 9.11. The molecule has 0 amide bonds. The molecule has 0 saturated heterocycles. The smallest absolute Gasteiger partial charge is 0.335 e. The lowest BCUT2D eigenvalue weighted by Gasteiger charge is -2.14. The molecule has 2 rings (SSSR count). The molecule has 0 saturated carbocycles. The van der Waals surface area contributed by atoms with Crippen LogP contribution in [0.3, 0.4) is 0 Å². The molecule has 3 N–H and O–H groups in total. The molecule has 0 atom stereocenters. The van der Waals surface area contributed by atoms with Crippen LogP contribution in [0.5, 0.6) is 0 Å². The lowest BCUT2D eigenvalue weighted by atomic mass is 10.2.